The average Bonchev–Trinajstić information content (AvgIpc) is 3.07. The molecule has 1 saturated heterocycles. The zero-order chi connectivity index (χ0) is 26.4. The van der Waals surface area contributed by atoms with E-state index in [9.17, 15) is 9.59 Å². The SMILES string of the molecule is CNC(=O)N1N=C(c2ccc(C(=O)NCCN3CCOCC3)cc2)c2cc(OC)c(OC)cc2CC1C. The van der Waals surface area contributed by atoms with Gasteiger partial charge in [0.05, 0.1) is 39.2 Å². The van der Waals surface area contributed by atoms with E-state index in [1.807, 2.05) is 31.2 Å². The monoisotopic (exact) mass is 509 g/mol. The Morgan fingerprint density at radius 2 is 1.76 bits per heavy atom. The summed E-state index contributed by atoms with van der Waals surface area (Å²) in [5, 5.41) is 11.9. The Morgan fingerprint density at radius 1 is 1.08 bits per heavy atom. The van der Waals surface area contributed by atoms with Crippen LogP contribution in [0.1, 0.15) is 34.0 Å². The highest BCUT2D eigenvalue weighted by Crippen LogP contribution is 2.34. The lowest BCUT2D eigenvalue weighted by atomic mass is 9.93. The van der Waals surface area contributed by atoms with Crippen LogP contribution in [0.25, 0.3) is 0 Å². The fourth-order valence-corrected chi connectivity index (χ4v) is 4.58. The summed E-state index contributed by atoms with van der Waals surface area (Å²) in [6.07, 6.45) is 0.583. The van der Waals surface area contributed by atoms with Crippen LogP contribution in [0, 0.1) is 0 Å². The number of hydrogen-bond acceptors (Lipinski definition) is 7. The molecule has 2 N–H and O–H groups in total. The van der Waals surface area contributed by atoms with E-state index in [4.69, 9.17) is 19.3 Å². The van der Waals surface area contributed by atoms with Crippen molar-refractivity contribution in [2.45, 2.75) is 19.4 Å². The van der Waals surface area contributed by atoms with Crippen molar-refractivity contribution in [2.75, 3.05) is 60.7 Å². The van der Waals surface area contributed by atoms with Crippen molar-refractivity contribution in [3.8, 4) is 11.5 Å². The lowest BCUT2D eigenvalue weighted by Crippen LogP contribution is -2.41. The van der Waals surface area contributed by atoms with Gasteiger partial charge in [-0.3, -0.25) is 9.69 Å². The van der Waals surface area contributed by atoms with Gasteiger partial charge in [0.2, 0.25) is 0 Å². The zero-order valence-electron chi connectivity index (χ0n) is 21.9. The quantitative estimate of drug-likeness (QED) is 0.593. The fourth-order valence-electron chi connectivity index (χ4n) is 4.58. The molecule has 37 heavy (non-hydrogen) atoms. The highest BCUT2D eigenvalue weighted by Gasteiger charge is 2.28. The number of amides is 3. The molecule has 0 saturated carbocycles. The highest BCUT2D eigenvalue weighted by atomic mass is 16.5. The molecule has 1 fully saturated rings. The van der Waals surface area contributed by atoms with Gasteiger partial charge in [-0.05, 0) is 43.2 Å². The van der Waals surface area contributed by atoms with Crippen LogP contribution in [-0.2, 0) is 11.2 Å². The van der Waals surface area contributed by atoms with Gasteiger partial charge in [0, 0.05) is 49.9 Å². The van der Waals surface area contributed by atoms with Crippen LogP contribution < -0.4 is 20.1 Å². The summed E-state index contributed by atoms with van der Waals surface area (Å²) in [6, 6.07) is 10.6. The number of carbonyl (C=O) groups excluding carboxylic acids is 2. The van der Waals surface area contributed by atoms with E-state index in [0.29, 0.717) is 35.7 Å². The smallest absolute Gasteiger partial charge is 0.337 e. The second kappa shape index (κ2) is 12.1. The minimum absolute atomic E-state index is 0.130. The summed E-state index contributed by atoms with van der Waals surface area (Å²) in [7, 11) is 4.77. The molecule has 1 atom stereocenters. The van der Waals surface area contributed by atoms with E-state index < -0.39 is 0 Å². The number of benzene rings is 2. The van der Waals surface area contributed by atoms with Gasteiger partial charge >= 0.3 is 6.03 Å². The van der Waals surface area contributed by atoms with E-state index in [1.54, 1.807) is 33.4 Å². The molecule has 0 radical (unpaired) electrons. The predicted molar refractivity (Wildman–Crippen MR) is 141 cm³/mol. The molecule has 3 amide bonds. The van der Waals surface area contributed by atoms with Crippen LogP contribution in [0.15, 0.2) is 41.5 Å². The van der Waals surface area contributed by atoms with Gasteiger partial charge in [-0.1, -0.05) is 12.1 Å². The summed E-state index contributed by atoms with van der Waals surface area (Å²) < 4.78 is 16.4. The first kappa shape index (κ1) is 26.4. The lowest BCUT2D eigenvalue weighted by Gasteiger charge is -2.26. The largest absolute Gasteiger partial charge is 0.493 e. The van der Waals surface area contributed by atoms with Gasteiger partial charge in [0.25, 0.3) is 5.91 Å². The number of hydrogen-bond donors (Lipinski definition) is 2. The number of methoxy groups -OCH3 is 2. The van der Waals surface area contributed by atoms with Crippen LogP contribution in [0.3, 0.4) is 0 Å². The van der Waals surface area contributed by atoms with Crippen molar-refractivity contribution in [2.24, 2.45) is 5.10 Å². The molecule has 0 spiro atoms. The molecule has 2 aromatic rings. The molecule has 0 aromatic heterocycles. The molecule has 1 unspecified atom stereocenters. The Kier molecular flexibility index (Phi) is 8.62. The van der Waals surface area contributed by atoms with Crippen LogP contribution in [-0.4, -0.2) is 94.3 Å². The lowest BCUT2D eigenvalue weighted by molar-refractivity contribution is 0.0383. The zero-order valence-corrected chi connectivity index (χ0v) is 21.9. The molecule has 10 heteroatoms. The molecule has 2 aromatic carbocycles. The molecular formula is C27H35N5O5. The molecule has 4 rings (SSSR count). The van der Waals surface area contributed by atoms with Crippen molar-refractivity contribution in [3.63, 3.8) is 0 Å². The minimum Gasteiger partial charge on any atom is -0.493 e. The molecule has 198 valence electrons. The third-order valence-corrected chi connectivity index (χ3v) is 6.66. The van der Waals surface area contributed by atoms with Crippen molar-refractivity contribution in [1.29, 1.82) is 0 Å². The highest BCUT2D eigenvalue weighted by molar-refractivity contribution is 6.15. The minimum atomic E-state index is -0.298. The normalized spacial score (nSPS) is 17.8. The van der Waals surface area contributed by atoms with E-state index in [2.05, 4.69) is 15.5 Å². The van der Waals surface area contributed by atoms with Crippen molar-refractivity contribution < 1.29 is 23.8 Å². The summed E-state index contributed by atoms with van der Waals surface area (Å²) in [6.45, 7) is 6.55. The third-order valence-electron chi connectivity index (χ3n) is 6.66. The summed E-state index contributed by atoms with van der Waals surface area (Å²) >= 11 is 0. The predicted octanol–water partition coefficient (Wildman–Crippen LogP) is 2.10. The summed E-state index contributed by atoms with van der Waals surface area (Å²) in [4.78, 5) is 27.7. The Morgan fingerprint density at radius 3 is 2.41 bits per heavy atom. The van der Waals surface area contributed by atoms with Crippen LogP contribution >= 0.6 is 0 Å². The van der Waals surface area contributed by atoms with Crippen molar-refractivity contribution >= 4 is 17.6 Å². The van der Waals surface area contributed by atoms with E-state index in [0.717, 1.165) is 49.5 Å². The number of nitrogens with one attached hydrogen (secondary N) is 2. The average molecular weight is 510 g/mol. The van der Waals surface area contributed by atoms with Crippen LogP contribution in [0.2, 0.25) is 0 Å². The number of urea groups is 1. The van der Waals surface area contributed by atoms with Crippen molar-refractivity contribution in [1.82, 2.24) is 20.5 Å². The van der Waals surface area contributed by atoms with Gasteiger partial charge in [-0.15, -0.1) is 0 Å². The number of rotatable bonds is 7. The molecule has 10 nitrogen and oxygen atoms in total. The Hall–Kier alpha value is -3.63. The van der Waals surface area contributed by atoms with Gasteiger partial charge in [-0.25, -0.2) is 9.80 Å². The molecule has 2 aliphatic rings. The topological polar surface area (TPSA) is 105 Å². The maximum atomic E-state index is 12.7. The van der Waals surface area contributed by atoms with E-state index >= 15 is 0 Å². The maximum absolute atomic E-state index is 12.7. The first-order chi connectivity index (χ1) is 17.9. The summed E-state index contributed by atoms with van der Waals surface area (Å²) in [5.41, 5.74) is 3.78. The molecule has 0 aliphatic carbocycles. The molecule has 2 aliphatic heterocycles. The third kappa shape index (κ3) is 6.03. The second-order valence-electron chi connectivity index (χ2n) is 9.05. The van der Waals surface area contributed by atoms with Gasteiger partial charge in [-0.2, -0.15) is 5.10 Å². The van der Waals surface area contributed by atoms with Gasteiger partial charge < -0.3 is 24.8 Å². The van der Waals surface area contributed by atoms with Crippen molar-refractivity contribution in [3.05, 3.63) is 58.7 Å². The van der Waals surface area contributed by atoms with Crippen LogP contribution in [0.4, 0.5) is 4.79 Å². The standard InChI is InChI=1S/C27H35N5O5/c1-18-15-21-16-23(35-3)24(36-4)17-22(21)25(30-32(18)27(34)28-2)19-5-7-20(8-6-19)26(33)29-9-10-31-11-13-37-14-12-31/h5-8,16-18H,9-15H2,1-4H3,(H,28,34)(H,29,33). The number of nitrogens with zero attached hydrogens (tertiary/aromatic N) is 3. The number of carbonyl (C=O) groups is 2. The second-order valence-corrected chi connectivity index (χ2v) is 9.05. The van der Waals surface area contributed by atoms with Gasteiger partial charge in [0.15, 0.2) is 11.5 Å². The number of fused-ring (bicyclic) bond motifs is 1. The van der Waals surface area contributed by atoms with E-state index in [-0.39, 0.29) is 18.0 Å². The Balaban J connectivity index is 1.60. The number of morpholine rings is 1. The first-order valence-electron chi connectivity index (χ1n) is 12.5. The molecule has 0 bridgehead atoms. The maximum Gasteiger partial charge on any atom is 0.337 e. The number of ether oxygens (including phenoxy) is 3. The summed E-state index contributed by atoms with van der Waals surface area (Å²) in [5.74, 6) is 1.06. The number of hydrazone groups is 1. The molecule has 2 heterocycles. The first-order valence-corrected chi connectivity index (χ1v) is 12.5. The Labute approximate surface area is 217 Å². The fraction of sp³-hybridized carbons (Fsp3) is 0.444. The van der Waals surface area contributed by atoms with Gasteiger partial charge in [0.1, 0.15) is 0 Å². The van der Waals surface area contributed by atoms with E-state index in [1.165, 1.54) is 5.01 Å². The Bertz CT molecular complexity index is 1140. The van der Waals surface area contributed by atoms with Crippen LogP contribution in [0.5, 0.6) is 11.5 Å². The molecular weight excluding hydrogens is 474 g/mol.